The van der Waals surface area contributed by atoms with E-state index in [0.29, 0.717) is 48.3 Å². The van der Waals surface area contributed by atoms with Gasteiger partial charge in [-0.05, 0) is 123 Å². The standard InChI is InChI=1S/C33H57NO6S/c1-5-24-28-20-22(35)15-17-33(28,4)27-16-18-32(3)25(13-14-26(32)29(27)30(24)36)21(2)10-9-19-40-31(37)34-41(38,39)23-11-7-6-8-12-23/h21-30,35-36H,5-20H2,1-4H3,(H,34,37)/t21-,22-,24-,25-,26+,27+,28+,29?,30-,32?,33?/m1/s1. The predicted molar refractivity (Wildman–Crippen MR) is 160 cm³/mol. The van der Waals surface area contributed by atoms with Gasteiger partial charge >= 0.3 is 6.09 Å². The van der Waals surface area contributed by atoms with Crippen LogP contribution in [0, 0.1) is 52.3 Å². The van der Waals surface area contributed by atoms with Gasteiger partial charge in [-0.1, -0.05) is 53.4 Å². The molecule has 0 bridgehead atoms. The molecule has 5 aliphatic carbocycles. The van der Waals surface area contributed by atoms with E-state index in [0.717, 1.165) is 57.8 Å². The highest BCUT2D eigenvalue weighted by Gasteiger charge is 2.64. The fraction of sp³-hybridized carbons (Fsp3) is 0.970. The lowest BCUT2D eigenvalue weighted by atomic mass is 9.41. The fourth-order valence-electron chi connectivity index (χ4n) is 11.3. The number of hydrogen-bond acceptors (Lipinski definition) is 6. The van der Waals surface area contributed by atoms with Crippen LogP contribution >= 0.6 is 0 Å². The second-order valence-corrected chi connectivity index (χ2v) is 17.2. The largest absolute Gasteiger partial charge is 0.449 e. The molecule has 7 nitrogen and oxygen atoms in total. The summed E-state index contributed by atoms with van der Waals surface area (Å²) in [5.41, 5.74) is 0.431. The zero-order valence-corrected chi connectivity index (χ0v) is 26.8. The van der Waals surface area contributed by atoms with Gasteiger partial charge in [0, 0.05) is 0 Å². The van der Waals surface area contributed by atoms with Crippen LogP contribution in [0.4, 0.5) is 4.79 Å². The molecule has 0 heterocycles. The lowest BCUT2D eigenvalue weighted by Crippen LogP contribution is -2.62. The van der Waals surface area contributed by atoms with Crippen molar-refractivity contribution in [1.82, 2.24) is 4.72 Å². The van der Waals surface area contributed by atoms with Crippen molar-refractivity contribution in [2.75, 3.05) is 6.61 Å². The van der Waals surface area contributed by atoms with E-state index in [2.05, 4.69) is 32.4 Å². The Labute approximate surface area is 249 Å². The highest BCUT2D eigenvalue weighted by Crippen LogP contribution is 2.69. The van der Waals surface area contributed by atoms with Gasteiger partial charge in [-0.3, -0.25) is 0 Å². The third-order valence-corrected chi connectivity index (χ3v) is 15.2. The number of carbonyl (C=O) groups excluding carboxylic acids is 1. The molecular weight excluding hydrogens is 538 g/mol. The van der Waals surface area contributed by atoms with Crippen LogP contribution in [-0.2, 0) is 14.8 Å². The van der Waals surface area contributed by atoms with E-state index < -0.39 is 21.4 Å². The molecule has 5 saturated carbocycles. The highest BCUT2D eigenvalue weighted by molar-refractivity contribution is 7.90. The molecule has 0 radical (unpaired) electrons. The number of sulfonamides is 1. The molecule has 0 spiro atoms. The van der Waals surface area contributed by atoms with Gasteiger partial charge < -0.3 is 14.9 Å². The van der Waals surface area contributed by atoms with Crippen molar-refractivity contribution < 1.29 is 28.2 Å². The van der Waals surface area contributed by atoms with Crippen LogP contribution in [0.2, 0.25) is 0 Å². The first-order valence-electron chi connectivity index (χ1n) is 17.0. The van der Waals surface area contributed by atoms with E-state index in [-0.39, 0.29) is 35.6 Å². The summed E-state index contributed by atoms with van der Waals surface area (Å²) >= 11 is 0. The number of nitrogens with one attached hydrogen (secondary N) is 1. The van der Waals surface area contributed by atoms with Crippen molar-refractivity contribution in [2.24, 2.45) is 52.3 Å². The van der Waals surface area contributed by atoms with E-state index in [1.165, 1.54) is 25.7 Å². The topological polar surface area (TPSA) is 113 Å². The summed E-state index contributed by atoms with van der Waals surface area (Å²) in [4.78, 5) is 12.3. The second-order valence-electron chi connectivity index (χ2n) is 15.3. The molecule has 0 aliphatic heterocycles. The summed E-state index contributed by atoms with van der Waals surface area (Å²) in [5.74, 6) is 3.19. The van der Waals surface area contributed by atoms with Crippen molar-refractivity contribution in [3.05, 3.63) is 0 Å². The molecule has 0 aromatic heterocycles. The van der Waals surface area contributed by atoms with Gasteiger partial charge in [0.1, 0.15) is 0 Å². The van der Waals surface area contributed by atoms with Crippen molar-refractivity contribution in [1.29, 1.82) is 0 Å². The van der Waals surface area contributed by atoms with Crippen molar-refractivity contribution in [3.63, 3.8) is 0 Å². The summed E-state index contributed by atoms with van der Waals surface area (Å²) in [6.07, 6.45) is 13.0. The Morgan fingerprint density at radius 2 is 1.63 bits per heavy atom. The zero-order chi connectivity index (χ0) is 29.6. The Balaban J connectivity index is 1.16. The SMILES string of the molecule is CC[C@H]1[C@@H](O)C2[C@@H]3CC[C@H]([C@H](C)CCCOC(=O)NS(=O)(=O)C4CCCCC4)C3(C)CC[C@@H]2C2(C)CC[C@@H](O)C[C@@H]12. The number of aliphatic hydroxyl groups is 2. The van der Waals surface area contributed by atoms with Crippen LogP contribution in [0.15, 0.2) is 0 Å². The normalized spacial score (nSPS) is 43.9. The minimum Gasteiger partial charge on any atom is -0.449 e. The van der Waals surface area contributed by atoms with Crippen LogP contribution in [-0.4, -0.2) is 48.8 Å². The number of amides is 1. The molecule has 236 valence electrons. The van der Waals surface area contributed by atoms with Gasteiger partial charge in [-0.25, -0.2) is 17.9 Å². The van der Waals surface area contributed by atoms with E-state index in [4.69, 9.17) is 4.74 Å². The van der Waals surface area contributed by atoms with Crippen LogP contribution in [0.25, 0.3) is 0 Å². The molecule has 3 N–H and O–H groups in total. The van der Waals surface area contributed by atoms with Crippen LogP contribution in [0.1, 0.15) is 124 Å². The van der Waals surface area contributed by atoms with Gasteiger partial charge in [0.15, 0.2) is 0 Å². The average Bonchev–Trinajstić information content (AvgIpc) is 3.29. The summed E-state index contributed by atoms with van der Waals surface area (Å²) in [6.45, 7) is 9.78. The third kappa shape index (κ3) is 5.84. The van der Waals surface area contributed by atoms with Gasteiger partial charge in [-0.2, -0.15) is 0 Å². The average molecular weight is 596 g/mol. The van der Waals surface area contributed by atoms with Crippen LogP contribution < -0.4 is 4.72 Å². The maximum absolute atomic E-state index is 12.5. The Bertz CT molecular complexity index is 1030. The number of rotatable bonds is 8. The van der Waals surface area contributed by atoms with Gasteiger partial charge in [-0.15, -0.1) is 0 Å². The number of aliphatic hydroxyl groups excluding tert-OH is 2. The third-order valence-electron chi connectivity index (χ3n) is 13.4. The first-order valence-corrected chi connectivity index (χ1v) is 18.5. The Hall–Kier alpha value is -0.860. The van der Waals surface area contributed by atoms with Gasteiger partial charge in [0.25, 0.3) is 0 Å². The molecular formula is C33H57NO6S. The fourth-order valence-corrected chi connectivity index (χ4v) is 12.7. The van der Waals surface area contributed by atoms with Gasteiger partial charge in [0.05, 0.1) is 24.1 Å². The summed E-state index contributed by atoms with van der Waals surface area (Å²) in [6, 6.07) is 0. The number of carbonyl (C=O) groups is 1. The lowest BCUT2D eigenvalue weighted by molar-refractivity contribution is -0.203. The first kappa shape index (κ1) is 31.6. The zero-order valence-electron chi connectivity index (χ0n) is 26.0. The molecule has 5 rings (SSSR count). The van der Waals surface area contributed by atoms with E-state index in [1.54, 1.807) is 0 Å². The smallest absolute Gasteiger partial charge is 0.420 e. The number of fused-ring (bicyclic) bond motifs is 5. The Morgan fingerprint density at radius 3 is 2.34 bits per heavy atom. The lowest BCUT2D eigenvalue weighted by Gasteiger charge is -2.64. The summed E-state index contributed by atoms with van der Waals surface area (Å²) < 4.78 is 32.5. The van der Waals surface area contributed by atoms with E-state index >= 15 is 0 Å². The summed E-state index contributed by atoms with van der Waals surface area (Å²) in [5, 5.41) is 21.9. The molecule has 41 heavy (non-hydrogen) atoms. The Morgan fingerprint density at radius 1 is 0.951 bits per heavy atom. The molecule has 0 aromatic rings. The summed E-state index contributed by atoms with van der Waals surface area (Å²) in [7, 11) is -3.66. The molecule has 0 aromatic carbocycles. The van der Waals surface area contributed by atoms with E-state index in [1.807, 2.05) is 0 Å². The van der Waals surface area contributed by atoms with Crippen molar-refractivity contribution in [3.8, 4) is 0 Å². The molecule has 1 amide bonds. The van der Waals surface area contributed by atoms with Gasteiger partial charge in [0.2, 0.25) is 10.0 Å². The minimum atomic E-state index is -3.66. The van der Waals surface area contributed by atoms with Crippen LogP contribution in [0.5, 0.6) is 0 Å². The molecule has 0 saturated heterocycles. The van der Waals surface area contributed by atoms with Crippen molar-refractivity contribution in [2.45, 2.75) is 141 Å². The minimum absolute atomic E-state index is 0.212. The number of hydrogen-bond donors (Lipinski definition) is 3. The second kappa shape index (κ2) is 12.3. The quantitative estimate of drug-likeness (QED) is 0.279. The molecule has 5 fully saturated rings. The predicted octanol–water partition coefficient (Wildman–Crippen LogP) is 6.42. The number of ether oxygens (including phenoxy) is 1. The van der Waals surface area contributed by atoms with Crippen molar-refractivity contribution >= 4 is 16.1 Å². The molecule has 5 aliphatic rings. The highest BCUT2D eigenvalue weighted by atomic mass is 32.2. The maximum Gasteiger partial charge on any atom is 0.420 e. The first-order chi connectivity index (χ1) is 19.4. The van der Waals surface area contributed by atoms with E-state index in [9.17, 15) is 23.4 Å². The Kier molecular flexibility index (Phi) is 9.44. The molecule has 8 heteroatoms. The monoisotopic (exact) mass is 595 g/mol. The maximum atomic E-state index is 12.5. The van der Waals surface area contributed by atoms with Crippen LogP contribution in [0.3, 0.4) is 0 Å². The molecule has 3 unspecified atom stereocenters. The molecule has 11 atom stereocenters.